The lowest BCUT2D eigenvalue weighted by Crippen LogP contribution is -2.24. The largest absolute Gasteiger partial charge is 0.456 e. The molecule has 3 nitrogen and oxygen atoms in total. The number of ether oxygens (including phenoxy) is 1. The molecule has 1 aromatic carbocycles. The number of aryl methyl sites for hydroxylation is 1. The van der Waals surface area contributed by atoms with E-state index in [2.05, 4.69) is 5.32 Å². The van der Waals surface area contributed by atoms with Crippen LogP contribution in [0.4, 0.5) is 5.00 Å². The van der Waals surface area contributed by atoms with Gasteiger partial charge in [0.1, 0.15) is 16.2 Å². The normalized spacial score (nSPS) is 11.3. The molecule has 0 bridgehead atoms. The molecule has 0 spiro atoms. The standard InChI is InChI=1S/C17H21NO2S/c1-11-6-8-12(9-7-11)13-10-21-15(18-5)14(13)16(19)20-17(2,3)4/h6-10,18H,1-5H3. The molecule has 1 heterocycles. The Balaban J connectivity index is 2.46. The zero-order chi connectivity index (χ0) is 15.6. The summed E-state index contributed by atoms with van der Waals surface area (Å²) < 4.78 is 5.54. The molecule has 1 aromatic heterocycles. The van der Waals surface area contributed by atoms with Gasteiger partial charge in [-0.3, -0.25) is 0 Å². The van der Waals surface area contributed by atoms with E-state index in [0.717, 1.165) is 16.1 Å². The summed E-state index contributed by atoms with van der Waals surface area (Å²) in [5.41, 5.74) is 3.25. The molecule has 0 aliphatic rings. The van der Waals surface area contributed by atoms with Crippen molar-refractivity contribution < 1.29 is 9.53 Å². The number of benzene rings is 1. The van der Waals surface area contributed by atoms with Crippen molar-refractivity contribution in [3.63, 3.8) is 0 Å². The van der Waals surface area contributed by atoms with Gasteiger partial charge in [0.2, 0.25) is 0 Å². The molecule has 1 N–H and O–H groups in total. The van der Waals surface area contributed by atoms with Crippen LogP contribution in [0, 0.1) is 6.92 Å². The van der Waals surface area contributed by atoms with Crippen LogP contribution < -0.4 is 5.32 Å². The first-order valence-electron chi connectivity index (χ1n) is 6.91. The quantitative estimate of drug-likeness (QED) is 0.834. The highest BCUT2D eigenvalue weighted by Crippen LogP contribution is 2.36. The van der Waals surface area contributed by atoms with Crippen LogP contribution in [0.15, 0.2) is 29.6 Å². The van der Waals surface area contributed by atoms with Gasteiger partial charge in [-0.05, 0) is 33.3 Å². The summed E-state index contributed by atoms with van der Waals surface area (Å²) in [6, 6.07) is 8.16. The minimum Gasteiger partial charge on any atom is -0.456 e. The number of thiophene rings is 1. The van der Waals surface area contributed by atoms with Gasteiger partial charge in [0.25, 0.3) is 0 Å². The zero-order valence-corrected chi connectivity index (χ0v) is 13.9. The first-order chi connectivity index (χ1) is 9.81. The molecular weight excluding hydrogens is 282 g/mol. The van der Waals surface area contributed by atoms with E-state index >= 15 is 0 Å². The highest BCUT2D eigenvalue weighted by Gasteiger charge is 2.25. The van der Waals surface area contributed by atoms with E-state index < -0.39 is 5.60 Å². The predicted octanol–water partition coefficient (Wildman–Crippen LogP) is 4.72. The van der Waals surface area contributed by atoms with Crippen LogP contribution in [0.25, 0.3) is 11.1 Å². The van der Waals surface area contributed by atoms with Gasteiger partial charge < -0.3 is 10.1 Å². The van der Waals surface area contributed by atoms with Crippen LogP contribution in [-0.2, 0) is 4.74 Å². The maximum Gasteiger partial charge on any atom is 0.342 e. The number of anilines is 1. The molecule has 21 heavy (non-hydrogen) atoms. The Hall–Kier alpha value is -1.81. The van der Waals surface area contributed by atoms with Crippen molar-refractivity contribution >= 4 is 22.3 Å². The minimum absolute atomic E-state index is 0.288. The Morgan fingerprint density at radius 2 is 1.81 bits per heavy atom. The average molecular weight is 303 g/mol. The number of hydrogen-bond donors (Lipinski definition) is 1. The Labute approximate surface area is 130 Å². The van der Waals surface area contributed by atoms with Gasteiger partial charge in [0.15, 0.2) is 0 Å². The summed E-state index contributed by atoms with van der Waals surface area (Å²) in [5.74, 6) is -0.288. The average Bonchev–Trinajstić information content (AvgIpc) is 2.81. The summed E-state index contributed by atoms with van der Waals surface area (Å²) in [4.78, 5) is 12.5. The molecule has 0 aliphatic heterocycles. The number of hydrogen-bond acceptors (Lipinski definition) is 4. The summed E-state index contributed by atoms with van der Waals surface area (Å²) >= 11 is 1.52. The SMILES string of the molecule is CNc1scc(-c2ccc(C)cc2)c1C(=O)OC(C)(C)C. The van der Waals surface area contributed by atoms with Crippen LogP contribution in [-0.4, -0.2) is 18.6 Å². The summed E-state index contributed by atoms with van der Waals surface area (Å²) in [5, 5.41) is 5.91. The molecular formula is C17H21NO2S. The van der Waals surface area contributed by atoms with Crippen molar-refractivity contribution in [1.29, 1.82) is 0 Å². The van der Waals surface area contributed by atoms with Crippen LogP contribution >= 0.6 is 11.3 Å². The lowest BCUT2D eigenvalue weighted by Gasteiger charge is -2.20. The molecule has 2 aromatic rings. The fourth-order valence-electron chi connectivity index (χ4n) is 2.02. The van der Waals surface area contributed by atoms with E-state index in [1.54, 1.807) is 0 Å². The van der Waals surface area contributed by atoms with Gasteiger partial charge in [-0.15, -0.1) is 11.3 Å². The van der Waals surface area contributed by atoms with Crippen molar-refractivity contribution in [2.75, 3.05) is 12.4 Å². The van der Waals surface area contributed by atoms with E-state index in [0.29, 0.717) is 5.56 Å². The van der Waals surface area contributed by atoms with Gasteiger partial charge in [-0.25, -0.2) is 4.79 Å². The predicted molar refractivity (Wildman–Crippen MR) is 89.2 cm³/mol. The topological polar surface area (TPSA) is 38.3 Å². The number of nitrogens with one attached hydrogen (secondary N) is 1. The summed E-state index contributed by atoms with van der Waals surface area (Å²) in [7, 11) is 1.82. The molecule has 0 atom stereocenters. The van der Waals surface area contributed by atoms with Gasteiger partial charge in [0, 0.05) is 18.0 Å². The van der Waals surface area contributed by atoms with Crippen molar-refractivity contribution in [3.05, 3.63) is 40.8 Å². The maximum atomic E-state index is 12.5. The monoisotopic (exact) mass is 303 g/mol. The van der Waals surface area contributed by atoms with Crippen LogP contribution in [0.3, 0.4) is 0 Å². The number of esters is 1. The second-order valence-corrected chi connectivity index (χ2v) is 6.85. The number of rotatable bonds is 3. The van der Waals surface area contributed by atoms with Gasteiger partial charge >= 0.3 is 5.97 Å². The second-order valence-electron chi connectivity index (χ2n) is 5.97. The lowest BCUT2D eigenvalue weighted by molar-refractivity contribution is 0.00721. The molecule has 0 saturated heterocycles. The Morgan fingerprint density at radius 1 is 1.19 bits per heavy atom. The highest BCUT2D eigenvalue weighted by molar-refractivity contribution is 7.15. The molecule has 2 rings (SSSR count). The zero-order valence-electron chi connectivity index (χ0n) is 13.1. The highest BCUT2D eigenvalue weighted by atomic mass is 32.1. The first kappa shape index (κ1) is 15.6. The maximum absolute atomic E-state index is 12.5. The van der Waals surface area contributed by atoms with Crippen molar-refractivity contribution in [2.45, 2.75) is 33.3 Å². The molecule has 0 unspecified atom stereocenters. The lowest BCUT2D eigenvalue weighted by atomic mass is 10.0. The fourth-order valence-corrected chi connectivity index (χ4v) is 2.94. The number of carbonyl (C=O) groups excluding carboxylic acids is 1. The number of carbonyl (C=O) groups is 1. The molecule has 4 heteroatoms. The van der Waals surface area contributed by atoms with Crippen molar-refractivity contribution in [2.24, 2.45) is 0 Å². The van der Waals surface area contributed by atoms with Crippen molar-refractivity contribution in [1.82, 2.24) is 0 Å². The van der Waals surface area contributed by atoms with Crippen LogP contribution in [0.1, 0.15) is 36.7 Å². The van der Waals surface area contributed by atoms with E-state index in [1.165, 1.54) is 16.9 Å². The second kappa shape index (κ2) is 5.90. The Morgan fingerprint density at radius 3 is 2.33 bits per heavy atom. The first-order valence-corrected chi connectivity index (χ1v) is 7.79. The van der Waals surface area contributed by atoms with E-state index in [9.17, 15) is 4.79 Å². The van der Waals surface area contributed by atoms with E-state index in [1.807, 2.05) is 64.4 Å². The third kappa shape index (κ3) is 3.64. The third-order valence-corrected chi connectivity index (χ3v) is 3.98. The Kier molecular flexibility index (Phi) is 4.37. The van der Waals surface area contributed by atoms with E-state index in [-0.39, 0.29) is 5.97 Å². The minimum atomic E-state index is -0.505. The van der Waals surface area contributed by atoms with Crippen LogP contribution in [0.2, 0.25) is 0 Å². The fraction of sp³-hybridized carbons (Fsp3) is 0.353. The molecule has 0 saturated carbocycles. The molecule has 0 amide bonds. The molecule has 0 radical (unpaired) electrons. The van der Waals surface area contributed by atoms with Crippen LogP contribution in [0.5, 0.6) is 0 Å². The van der Waals surface area contributed by atoms with Gasteiger partial charge in [0.05, 0.1) is 0 Å². The molecule has 112 valence electrons. The summed E-state index contributed by atoms with van der Waals surface area (Å²) in [6.45, 7) is 7.68. The molecule has 0 fully saturated rings. The van der Waals surface area contributed by atoms with E-state index in [4.69, 9.17) is 4.74 Å². The Bertz CT molecular complexity index is 636. The van der Waals surface area contributed by atoms with Gasteiger partial charge in [-0.1, -0.05) is 29.8 Å². The third-order valence-electron chi connectivity index (χ3n) is 2.98. The van der Waals surface area contributed by atoms with Gasteiger partial charge in [-0.2, -0.15) is 0 Å². The smallest absolute Gasteiger partial charge is 0.342 e. The van der Waals surface area contributed by atoms with Crippen molar-refractivity contribution in [3.8, 4) is 11.1 Å². The molecule has 0 aliphatic carbocycles. The summed E-state index contributed by atoms with van der Waals surface area (Å²) in [6.07, 6.45) is 0.